The number of nitrogens with one attached hydrogen (secondary N) is 1. The van der Waals surface area contributed by atoms with Crippen LogP contribution in [-0.4, -0.2) is 104 Å². The van der Waals surface area contributed by atoms with Gasteiger partial charge in [0.25, 0.3) is 0 Å². The molecule has 9 nitrogen and oxygen atoms in total. The van der Waals surface area contributed by atoms with E-state index in [0.717, 1.165) is 49.2 Å². The maximum absolute atomic E-state index is 13.8. The Morgan fingerprint density at radius 1 is 1.08 bits per heavy atom. The van der Waals surface area contributed by atoms with Gasteiger partial charge in [-0.2, -0.15) is 17.5 Å². The summed E-state index contributed by atoms with van der Waals surface area (Å²) in [5, 5.41) is 10.4. The number of carbonyl (C=O) groups excluding carboxylic acids is 1. The molecule has 0 radical (unpaired) electrons. The lowest BCUT2D eigenvalue weighted by Crippen LogP contribution is -2.51. The predicted octanol–water partition coefficient (Wildman–Crippen LogP) is 2.54. The maximum Gasteiger partial charge on any atom is 0.490 e. The molecule has 0 spiro atoms. The first-order valence-electron chi connectivity index (χ1n) is 12.7. The highest BCUT2D eigenvalue weighted by Gasteiger charge is 2.38. The minimum atomic E-state index is -5.08. The Kier molecular flexibility index (Phi) is 11.6. The third-order valence-corrected chi connectivity index (χ3v) is 8.95. The van der Waals surface area contributed by atoms with Gasteiger partial charge in [0, 0.05) is 45.3 Å². The van der Waals surface area contributed by atoms with Crippen LogP contribution in [0.1, 0.15) is 42.9 Å². The molecule has 1 aromatic rings. The number of rotatable bonds is 7. The van der Waals surface area contributed by atoms with E-state index < -0.39 is 22.2 Å². The van der Waals surface area contributed by atoms with Crippen LogP contribution in [0.25, 0.3) is 0 Å². The molecular weight excluding hydrogens is 525 g/mol. The summed E-state index contributed by atoms with van der Waals surface area (Å²) in [4.78, 5) is 26.4. The van der Waals surface area contributed by atoms with Gasteiger partial charge in [-0.1, -0.05) is 24.1 Å². The minimum Gasteiger partial charge on any atom is -0.475 e. The second-order valence-electron chi connectivity index (χ2n) is 9.88. The Balaban J connectivity index is 0.000000638. The molecule has 1 amide bonds. The van der Waals surface area contributed by atoms with Crippen LogP contribution < -0.4 is 5.32 Å². The number of carbonyl (C=O) groups is 2. The predicted molar refractivity (Wildman–Crippen MR) is 137 cm³/mol. The van der Waals surface area contributed by atoms with Gasteiger partial charge < -0.3 is 15.3 Å². The van der Waals surface area contributed by atoms with Crippen molar-refractivity contribution in [2.24, 2.45) is 0 Å². The molecular formula is C25H39F3N4O5S. The molecule has 1 atom stereocenters. The molecule has 13 heteroatoms. The zero-order valence-corrected chi connectivity index (χ0v) is 23.3. The molecule has 0 bridgehead atoms. The van der Waals surface area contributed by atoms with E-state index >= 15 is 0 Å². The number of sulfonamides is 1. The zero-order chi connectivity index (χ0) is 28.7. The molecule has 0 aromatic heterocycles. The average Bonchev–Trinajstić information content (AvgIpc) is 2.82. The second-order valence-corrected chi connectivity index (χ2v) is 11.8. The number of carboxylic acid groups (broad SMARTS) is 1. The molecule has 2 fully saturated rings. The monoisotopic (exact) mass is 564 g/mol. The molecule has 1 aromatic carbocycles. The Bertz CT molecular complexity index is 1050. The lowest BCUT2D eigenvalue weighted by Gasteiger charge is -2.35. The number of nitrogens with zero attached hydrogens (tertiary/aromatic N) is 3. The summed E-state index contributed by atoms with van der Waals surface area (Å²) in [6.45, 7) is 12.5. The number of alkyl halides is 3. The molecule has 38 heavy (non-hydrogen) atoms. The van der Waals surface area contributed by atoms with E-state index in [2.05, 4.69) is 17.1 Å². The van der Waals surface area contributed by atoms with Gasteiger partial charge >= 0.3 is 12.1 Å². The number of halogens is 3. The molecule has 216 valence electrons. The zero-order valence-electron chi connectivity index (χ0n) is 22.5. The van der Waals surface area contributed by atoms with Crippen molar-refractivity contribution in [1.82, 2.24) is 19.4 Å². The van der Waals surface area contributed by atoms with Crippen LogP contribution in [0.15, 0.2) is 17.0 Å². The largest absolute Gasteiger partial charge is 0.490 e. The maximum atomic E-state index is 13.8. The van der Waals surface area contributed by atoms with Crippen LogP contribution in [0.3, 0.4) is 0 Å². The smallest absolute Gasteiger partial charge is 0.475 e. The normalized spacial score (nSPS) is 19.2. The summed E-state index contributed by atoms with van der Waals surface area (Å²) in [5.74, 6) is -2.87. The van der Waals surface area contributed by atoms with Crippen molar-refractivity contribution < 1.29 is 36.3 Å². The van der Waals surface area contributed by atoms with E-state index in [9.17, 15) is 26.4 Å². The number of aryl methyl sites for hydroxylation is 3. The highest BCUT2D eigenvalue weighted by Crippen LogP contribution is 2.26. The fourth-order valence-corrected chi connectivity index (χ4v) is 6.67. The van der Waals surface area contributed by atoms with Crippen LogP contribution in [0, 0.1) is 20.8 Å². The molecule has 1 unspecified atom stereocenters. The summed E-state index contributed by atoms with van der Waals surface area (Å²) < 4.78 is 60.7. The first-order chi connectivity index (χ1) is 17.6. The Labute approximate surface area is 223 Å². The fourth-order valence-electron chi connectivity index (χ4n) is 4.88. The lowest BCUT2D eigenvalue weighted by atomic mass is 10.0. The van der Waals surface area contributed by atoms with E-state index in [-0.39, 0.29) is 12.5 Å². The van der Waals surface area contributed by atoms with Crippen molar-refractivity contribution in [2.75, 3.05) is 52.4 Å². The molecule has 3 rings (SSSR count). The Morgan fingerprint density at radius 2 is 1.63 bits per heavy atom. The lowest BCUT2D eigenvalue weighted by molar-refractivity contribution is -0.192. The molecule has 2 saturated heterocycles. The summed E-state index contributed by atoms with van der Waals surface area (Å²) in [6, 6.07) is 4.26. The summed E-state index contributed by atoms with van der Waals surface area (Å²) >= 11 is 0. The van der Waals surface area contributed by atoms with Gasteiger partial charge in [-0.25, -0.2) is 13.2 Å². The topological polar surface area (TPSA) is 110 Å². The van der Waals surface area contributed by atoms with E-state index in [1.807, 2.05) is 32.9 Å². The van der Waals surface area contributed by atoms with Crippen molar-refractivity contribution in [3.05, 3.63) is 28.8 Å². The van der Waals surface area contributed by atoms with Crippen molar-refractivity contribution in [2.45, 2.75) is 64.1 Å². The number of hydrogen-bond acceptors (Lipinski definition) is 6. The van der Waals surface area contributed by atoms with Crippen LogP contribution in [0.5, 0.6) is 0 Å². The van der Waals surface area contributed by atoms with Gasteiger partial charge in [-0.05, 0) is 58.2 Å². The standard InChI is InChI=1S/C23H38N4O3S.C2HF3O2/c1-18-15-19(2)23(20(3)16-18)31(29,30)27(14-13-25-10-6-5-7-21(25)4)17-22(28)26-11-8-24-9-12-26;3-2(4,5)1(6)7/h15-16,21,24H,5-14,17H2,1-4H3;(H,6,7). The SMILES string of the molecule is Cc1cc(C)c(S(=O)(=O)N(CCN2CCCCC2C)CC(=O)N2CCNCC2)c(C)c1.O=C(O)C(F)(F)F. The first-order valence-corrected chi connectivity index (χ1v) is 14.2. The number of aliphatic carboxylic acids is 1. The van der Waals surface area contributed by atoms with Crippen LogP contribution >= 0.6 is 0 Å². The highest BCUT2D eigenvalue weighted by atomic mass is 32.2. The number of carboxylic acids is 1. The number of benzene rings is 1. The molecule has 2 heterocycles. The second kappa shape index (κ2) is 13.7. The van der Waals surface area contributed by atoms with Gasteiger partial charge in [0.1, 0.15) is 0 Å². The van der Waals surface area contributed by atoms with Crippen molar-refractivity contribution in [3.63, 3.8) is 0 Å². The summed E-state index contributed by atoms with van der Waals surface area (Å²) in [6.07, 6.45) is -1.57. The van der Waals surface area contributed by atoms with Gasteiger partial charge in [0.05, 0.1) is 11.4 Å². The average molecular weight is 565 g/mol. The van der Waals surface area contributed by atoms with E-state index in [0.29, 0.717) is 37.1 Å². The van der Waals surface area contributed by atoms with Gasteiger partial charge in [0.15, 0.2) is 0 Å². The minimum absolute atomic E-state index is 0.0999. The first kappa shape index (κ1) is 32.0. The summed E-state index contributed by atoms with van der Waals surface area (Å²) in [5.41, 5.74) is 2.52. The third-order valence-electron chi connectivity index (χ3n) is 6.80. The van der Waals surface area contributed by atoms with Crippen LogP contribution in [0.4, 0.5) is 13.2 Å². The number of piperidine rings is 1. The molecule has 0 saturated carbocycles. The quantitative estimate of drug-likeness (QED) is 0.524. The Hall–Kier alpha value is -2.22. The Morgan fingerprint density at radius 3 is 2.13 bits per heavy atom. The van der Waals surface area contributed by atoms with Gasteiger partial charge in [-0.3, -0.25) is 9.69 Å². The third kappa shape index (κ3) is 8.92. The van der Waals surface area contributed by atoms with Gasteiger partial charge in [0.2, 0.25) is 15.9 Å². The van der Waals surface area contributed by atoms with Crippen LogP contribution in [0.2, 0.25) is 0 Å². The molecule has 2 N–H and O–H groups in total. The number of piperazine rings is 1. The molecule has 2 aliphatic heterocycles. The molecule has 2 aliphatic rings. The molecule has 0 aliphatic carbocycles. The van der Waals surface area contributed by atoms with Crippen molar-refractivity contribution in [1.29, 1.82) is 0 Å². The van der Waals surface area contributed by atoms with E-state index in [1.165, 1.54) is 10.7 Å². The number of amides is 1. The highest BCUT2D eigenvalue weighted by molar-refractivity contribution is 7.89. The summed E-state index contributed by atoms with van der Waals surface area (Å²) in [7, 11) is -3.79. The van der Waals surface area contributed by atoms with Crippen molar-refractivity contribution >= 4 is 21.9 Å². The number of likely N-dealkylation sites (tertiary alicyclic amines) is 1. The van der Waals surface area contributed by atoms with Crippen molar-refractivity contribution in [3.8, 4) is 0 Å². The van der Waals surface area contributed by atoms with Crippen LogP contribution in [-0.2, 0) is 19.6 Å². The van der Waals surface area contributed by atoms with E-state index in [4.69, 9.17) is 9.90 Å². The van der Waals surface area contributed by atoms with E-state index in [1.54, 1.807) is 4.90 Å². The van der Waals surface area contributed by atoms with Gasteiger partial charge in [-0.15, -0.1) is 0 Å². The number of hydrogen-bond donors (Lipinski definition) is 2. The fraction of sp³-hybridized carbons (Fsp3) is 0.680.